The summed E-state index contributed by atoms with van der Waals surface area (Å²) in [6.07, 6.45) is 5.96. The molecule has 1 fully saturated rings. The molecular weight excluding hydrogens is 434 g/mol. The van der Waals surface area contributed by atoms with Gasteiger partial charge < -0.3 is 14.5 Å². The average molecular weight is 478 g/mol. The lowest BCUT2D eigenvalue weighted by Crippen LogP contribution is -2.36. The van der Waals surface area contributed by atoms with Gasteiger partial charge in [0, 0.05) is 51.0 Å². The summed E-state index contributed by atoms with van der Waals surface area (Å²) in [6, 6.07) is 15.8. The maximum absolute atomic E-state index is 12.7. The monoisotopic (exact) mass is 477 g/mol. The van der Waals surface area contributed by atoms with Gasteiger partial charge in [0.2, 0.25) is 5.91 Å². The SMILES string of the molecule is CC(=O)N1CCCCCCCN(Cc2ccc(C(C)C)cc2)Cc2cc(N3CCOCC3)ccc21. The van der Waals surface area contributed by atoms with Crippen LogP contribution >= 0.6 is 0 Å². The molecule has 1 saturated heterocycles. The number of amides is 1. The molecule has 2 aromatic carbocycles. The molecule has 0 N–H and O–H groups in total. The molecule has 0 saturated carbocycles. The van der Waals surface area contributed by atoms with Crippen LogP contribution in [0.15, 0.2) is 42.5 Å². The van der Waals surface area contributed by atoms with Crippen LogP contribution in [-0.2, 0) is 22.6 Å². The number of hydrogen-bond acceptors (Lipinski definition) is 4. The number of nitrogens with zero attached hydrogens (tertiary/aromatic N) is 3. The fourth-order valence-corrected chi connectivity index (χ4v) is 5.28. The molecule has 2 aromatic rings. The van der Waals surface area contributed by atoms with Crippen molar-refractivity contribution in [3.8, 4) is 0 Å². The third-order valence-electron chi connectivity index (χ3n) is 7.41. The third-order valence-corrected chi connectivity index (χ3v) is 7.41. The van der Waals surface area contributed by atoms with E-state index in [2.05, 4.69) is 66.1 Å². The van der Waals surface area contributed by atoms with Crippen LogP contribution in [0.3, 0.4) is 0 Å². The van der Waals surface area contributed by atoms with Gasteiger partial charge in [-0.05, 0) is 60.2 Å². The van der Waals surface area contributed by atoms with Crippen LogP contribution in [0.2, 0.25) is 0 Å². The first-order chi connectivity index (χ1) is 17.0. The van der Waals surface area contributed by atoms with E-state index in [-0.39, 0.29) is 5.91 Å². The first-order valence-corrected chi connectivity index (χ1v) is 13.6. The molecule has 5 nitrogen and oxygen atoms in total. The molecule has 0 atom stereocenters. The van der Waals surface area contributed by atoms with Crippen molar-refractivity contribution >= 4 is 17.3 Å². The predicted octanol–water partition coefficient (Wildman–Crippen LogP) is 5.97. The van der Waals surface area contributed by atoms with Gasteiger partial charge in [0.15, 0.2) is 0 Å². The molecule has 4 rings (SSSR count). The first-order valence-electron chi connectivity index (χ1n) is 13.6. The molecule has 2 aliphatic heterocycles. The molecular formula is C30H43N3O2. The van der Waals surface area contributed by atoms with E-state index in [1.165, 1.54) is 48.1 Å². The molecule has 2 heterocycles. The Kier molecular flexibility index (Phi) is 9.22. The zero-order chi connectivity index (χ0) is 24.6. The fraction of sp³-hybridized carbons (Fsp3) is 0.567. The van der Waals surface area contributed by atoms with Gasteiger partial charge in [0.05, 0.1) is 13.2 Å². The number of anilines is 2. The molecule has 0 bridgehead atoms. The van der Waals surface area contributed by atoms with Crippen molar-refractivity contribution in [1.29, 1.82) is 0 Å². The fourth-order valence-electron chi connectivity index (χ4n) is 5.28. The van der Waals surface area contributed by atoms with E-state index < -0.39 is 0 Å². The minimum absolute atomic E-state index is 0.137. The Morgan fingerprint density at radius 1 is 0.886 bits per heavy atom. The second kappa shape index (κ2) is 12.5. The lowest BCUT2D eigenvalue weighted by atomic mass is 10.0. The van der Waals surface area contributed by atoms with Crippen molar-refractivity contribution in [3.05, 3.63) is 59.2 Å². The highest BCUT2D eigenvalue weighted by atomic mass is 16.5. The van der Waals surface area contributed by atoms with E-state index in [0.717, 1.165) is 64.6 Å². The number of fused-ring (bicyclic) bond motifs is 1. The van der Waals surface area contributed by atoms with Gasteiger partial charge in [-0.1, -0.05) is 57.4 Å². The van der Waals surface area contributed by atoms with Gasteiger partial charge in [0.25, 0.3) is 0 Å². The van der Waals surface area contributed by atoms with Gasteiger partial charge in [-0.15, -0.1) is 0 Å². The minimum Gasteiger partial charge on any atom is -0.378 e. The summed E-state index contributed by atoms with van der Waals surface area (Å²) in [6.45, 7) is 13.2. The number of carbonyl (C=O) groups excluding carboxylic acids is 1. The van der Waals surface area contributed by atoms with Gasteiger partial charge >= 0.3 is 0 Å². The Labute approximate surface area is 212 Å². The zero-order valence-electron chi connectivity index (χ0n) is 22.0. The average Bonchev–Trinajstić information content (AvgIpc) is 2.85. The summed E-state index contributed by atoms with van der Waals surface area (Å²) in [4.78, 5) is 19.7. The minimum atomic E-state index is 0.137. The van der Waals surface area contributed by atoms with E-state index in [1.807, 2.05) is 4.90 Å². The van der Waals surface area contributed by atoms with Crippen molar-refractivity contribution in [2.24, 2.45) is 0 Å². The molecule has 2 aliphatic rings. The van der Waals surface area contributed by atoms with Crippen LogP contribution in [0.1, 0.15) is 75.5 Å². The van der Waals surface area contributed by atoms with Crippen LogP contribution in [0.5, 0.6) is 0 Å². The summed E-state index contributed by atoms with van der Waals surface area (Å²) in [5.41, 5.74) is 6.32. The molecule has 1 amide bonds. The van der Waals surface area contributed by atoms with Gasteiger partial charge in [-0.3, -0.25) is 9.69 Å². The van der Waals surface area contributed by atoms with E-state index >= 15 is 0 Å². The molecule has 0 radical (unpaired) electrons. The number of rotatable bonds is 4. The molecule has 0 aromatic heterocycles. The van der Waals surface area contributed by atoms with Crippen molar-refractivity contribution in [1.82, 2.24) is 4.90 Å². The smallest absolute Gasteiger partial charge is 0.223 e. The van der Waals surface area contributed by atoms with Crippen LogP contribution < -0.4 is 9.80 Å². The largest absolute Gasteiger partial charge is 0.378 e. The zero-order valence-corrected chi connectivity index (χ0v) is 22.0. The van der Waals surface area contributed by atoms with Crippen LogP contribution in [0.4, 0.5) is 11.4 Å². The predicted molar refractivity (Wildman–Crippen MR) is 145 cm³/mol. The van der Waals surface area contributed by atoms with Crippen molar-refractivity contribution < 1.29 is 9.53 Å². The number of morpholine rings is 1. The topological polar surface area (TPSA) is 36.0 Å². The maximum Gasteiger partial charge on any atom is 0.223 e. The van der Waals surface area contributed by atoms with Crippen LogP contribution in [-0.4, -0.2) is 50.2 Å². The second-order valence-electron chi connectivity index (χ2n) is 10.5. The molecule has 0 unspecified atom stereocenters. The lowest BCUT2D eigenvalue weighted by Gasteiger charge is -2.32. The maximum atomic E-state index is 12.7. The second-order valence-corrected chi connectivity index (χ2v) is 10.5. The van der Waals surface area contributed by atoms with Gasteiger partial charge in [0.1, 0.15) is 0 Å². The first kappa shape index (κ1) is 25.7. The normalized spacial score (nSPS) is 18.6. The summed E-state index contributed by atoms with van der Waals surface area (Å²) in [7, 11) is 0. The molecule has 5 heteroatoms. The van der Waals surface area contributed by atoms with E-state index in [1.54, 1.807) is 6.92 Å². The number of carbonyl (C=O) groups is 1. The molecule has 0 aliphatic carbocycles. The number of ether oxygens (including phenoxy) is 1. The number of benzene rings is 2. The van der Waals surface area contributed by atoms with E-state index in [4.69, 9.17) is 4.74 Å². The Bertz CT molecular complexity index is 951. The highest BCUT2D eigenvalue weighted by Crippen LogP contribution is 2.30. The third kappa shape index (κ3) is 7.08. The molecule has 190 valence electrons. The Morgan fingerprint density at radius 2 is 1.57 bits per heavy atom. The Balaban J connectivity index is 1.64. The highest BCUT2D eigenvalue weighted by molar-refractivity contribution is 5.92. The highest BCUT2D eigenvalue weighted by Gasteiger charge is 2.21. The lowest BCUT2D eigenvalue weighted by molar-refractivity contribution is -0.116. The Hall–Kier alpha value is -2.37. The summed E-state index contributed by atoms with van der Waals surface area (Å²) < 4.78 is 5.58. The Morgan fingerprint density at radius 3 is 2.26 bits per heavy atom. The number of hydrogen-bond donors (Lipinski definition) is 0. The summed E-state index contributed by atoms with van der Waals surface area (Å²) >= 11 is 0. The molecule has 35 heavy (non-hydrogen) atoms. The standard InChI is InChI=1S/C30H43N3O2/c1-24(2)27-11-9-26(10-12-27)22-31-15-7-5-4-6-8-16-33(25(3)34)30-14-13-29(21-28(30)23-31)32-17-19-35-20-18-32/h9-14,21,24H,4-8,15-20,22-23H2,1-3H3. The van der Waals surface area contributed by atoms with Gasteiger partial charge in [-0.25, -0.2) is 0 Å². The van der Waals surface area contributed by atoms with Gasteiger partial charge in [-0.2, -0.15) is 0 Å². The quantitative estimate of drug-likeness (QED) is 0.544. The van der Waals surface area contributed by atoms with Crippen LogP contribution in [0, 0.1) is 0 Å². The van der Waals surface area contributed by atoms with Crippen LogP contribution in [0.25, 0.3) is 0 Å². The van der Waals surface area contributed by atoms with E-state index in [9.17, 15) is 4.79 Å². The van der Waals surface area contributed by atoms with Crippen molar-refractivity contribution in [3.63, 3.8) is 0 Å². The summed E-state index contributed by atoms with van der Waals surface area (Å²) in [5.74, 6) is 0.687. The van der Waals surface area contributed by atoms with E-state index in [0.29, 0.717) is 5.92 Å². The molecule has 0 spiro atoms. The van der Waals surface area contributed by atoms with Crippen molar-refractivity contribution in [2.45, 2.75) is 71.9 Å². The van der Waals surface area contributed by atoms with Crippen molar-refractivity contribution in [2.75, 3.05) is 49.2 Å². The summed E-state index contributed by atoms with van der Waals surface area (Å²) in [5, 5.41) is 0.